The first-order chi connectivity index (χ1) is 13.0. The molecule has 2 rings (SSSR count). The van der Waals surface area contributed by atoms with Gasteiger partial charge in [0, 0.05) is 13.0 Å². The molecule has 0 saturated heterocycles. The minimum absolute atomic E-state index is 0.222. The summed E-state index contributed by atoms with van der Waals surface area (Å²) in [5.74, 6) is 0.180. The Labute approximate surface area is 158 Å². The van der Waals surface area contributed by atoms with E-state index in [0.717, 1.165) is 11.1 Å². The van der Waals surface area contributed by atoms with Crippen molar-refractivity contribution < 1.29 is 24.2 Å². The number of nitrogens with one attached hydrogen (secondary N) is 2. The highest BCUT2D eigenvalue weighted by molar-refractivity contribution is 5.82. The average Bonchev–Trinajstić information content (AvgIpc) is 2.68. The molecule has 1 unspecified atom stereocenters. The van der Waals surface area contributed by atoms with E-state index in [1.807, 2.05) is 42.5 Å². The number of carboxylic acid groups (broad SMARTS) is 1. The van der Waals surface area contributed by atoms with Gasteiger partial charge in [-0.05, 0) is 29.7 Å². The van der Waals surface area contributed by atoms with E-state index in [1.54, 1.807) is 20.3 Å². The van der Waals surface area contributed by atoms with Crippen LogP contribution >= 0.6 is 0 Å². The zero-order valence-corrected chi connectivity index (χ0v) is 15.4. The molecule has 2 aromatic rings. The first-order valence-electron chi connectivity index (χ1n) is 8.55. The van der Waals surface area contributed by atoms with Gasteiger partial charge in [0.2, 0.25) is 0 Å². The fraction of sp³-hybridized carbons (Fsp3) is 0.300. The molecule has 0 aromatic heterocycles. The number of carbonyl (C=O) groups is 2. The third-order valence-corrected chi connectivity index (χ3v) is 4.03. The van der Waals surface area contributed by atoms with E-state index in [1.165, 1.54) is 0 Å². The fourth-order valence-electron chi connectivity index (χ4n) is 2.62. The lowest BCUT2D eigenvalue weighted by Crippen LogP contribution is -2.47. The summed E-state index contributed by atoms with van der Waals surface area (Å²) < 4.78 is 10.4. The molecule has 0 heterocycles. The number of hydrogen-bond donors (Lipinski definition) is 3. The van der Waals surface area contributed by atoms with Crippen molar-refractivity contribution in [3.05, 3.63) is 59.7 Å². The number of amides is 2. The Morgan fingerprint density at radius 3 is 2.33 bits per heavy atom. The van der Waals surface area contributed by atoms with Crippen LogP contribution in [0.4, 0.5) is 4.79 Å². The van der Waals surface area contributed by atoms with Crippen LogP contribution in [0.2, 0.25) is 0 Å². The maximum absolute atomic E-state index is 12.0. The molecule has 1 atom stereocenters. The lowest BCUT2D eigenvalue weighted by molar-refractivity contribution is -0.139. The minimum Gasteiger partial charge on any atom is -0.493 e. The van der Waals surface area contributed by atoms with Crippen LogP contribution in [0, 0.1) is 0 Å². The van der Waals surface area contributed by atoms with Crippen molar-refractivity contribution in [3.8, 4) is 11.5 Å². The zero-order valence-electron chi connectivity index (χ0n) is 15.4. The minimum atomic E-state index is -1.08. The highest BCUT2D eigenvalue weighted by Gasteiger charge is 2.20. The maximum atomic E-state index is 12.0. The first-order valence-corrected chi connectivity index (χ1v) is 8.55. The van der Waals surface area contributed by atoms with Crippen molar-refractivity contribution in [2.24, 2.45) is 0 Å². The normalized spacial score (nSPS) is 11.3. The SMILES string of the molecule is COc1ccc(CCNC(=O)NC(Cc2ccccc2)C(=O)O)cc1OC. The second kappa shape index (κ2) is 10.1. The van der Waals surface area contributed by atoms with E-state index in [0.29, 0.717) is 24.5 Å². The molecule has 0 fully saturated rings. The highest BCUT2D eigenvalue weighted by Crippen LogP contribution is 2.27. The van der Waals surface area contributed by atoms with Crippen LogP contribution in [0.15, 0.2) is 48.5 Å². The summed E-state index contributed by atoms with van der Waals surface area (Å²) in [6, 6.07) is 13.2. The van der Waals surface area contributed by atoms with E-state index in [9.17, 15) is 14.7 Å². The second-order valence-electron chi connectivity index (χ2n) is 5.92. The molecule has 0 aliphatic carbocycles. The molecule has 0 aliphatic rings. The van der Waals surface area contributed by atoms with Crippen LogP contribution in [0.5, 0.6) is 11.5 Å². The molecule has 0 aliphatic heterocycles. The summed E-state index contributed by atoms with van der Waals surface area (Å²) in [6.45, 7) is 0.360. The predicted molar refractivity (Wildman–Crippen MR) is 101 cm³/mol. The van der Waals surface area contributed by atoms with Gasteiger partial charge >= 0.3 is 12.0 Å². The Balaban J connectivity index is 1.84. The van der Waals surface area contributed by atoms with Gasteiger partial charge in [-0.3, -0.25) is 0 Å². The number of carbonyl (C=O) groups excluding carboxylic acids is 1. The lowest BCUT2D eigenvalue weighted by Gasteiger charge is -2.15. The monoisotopic (exact) mass is 372 g/mol. The fourth-order valence-corrected chi connectivity index (χ4v) is 2.62. The van der Waals surface area contributed by atoms with Gasteiger partial charge < -0.3 is 25.2 Å². The molecule has 144 valence electrons. The van der Waals surface area contributed by atoms with Crippen molar-refractivity contribution in [1.29, 1.82) is 0 Å². The van der Waals surface area contributed by atoms with Crippen LogP contribution in [-0.2, 0) is 17.6 Å². The van der Waals surface area contributed by atoms with Gasteiger partial charge in [0.25, 0.3) is 0 Å². The van der Waals surface area contributed by atoms with E-state index in [-0.39, 0.29) is 6.42 Å². The van der Waals surface area contributed by atoms with Gasteiger partial charge in [-0.1, -0.05) is 36.4 Å². The Morgan fingerprint density at radius 2 is 1.70 bits per heavy atom. The third-order valence-electron chi connectivity index (χ3n) is 4.03. The summed E-state index contributed by atoms with van der Waals surface area (Å²) in [6.07, 6.45) is 0.795. The highest BCUT2D eigenvalue weighted by atomic mass is 16.5. The molecule has 27 heavy (non-hydrogen) atoms. The van der Waals surface area contributed by atoms with E-state index in [4.69, 9.17) is 9.47 Å². The van der Waals surface area contributed by atoms with Crippen LogP contribution in [0.3, 0.4) is 0 Å². The number of carboxylic acids is 1. The second-order valence-corrected chi connectivity index (χ2v) is 5.92. The molecular formula is C20H24N2O5. The molecule has 0 bridgehead atoms. The standard InChI is InChI=1S/C20H24N2O5/c1-26-17-9-8-15(13-18(17)27-2)10-11-21-20(25)22-16(19(23)24)12-14-6-4-3-5-7-14/h3-9,13,16H,10-12H2,1-2H3,(H,23,24)(H2,21,22,25). The molecule has 0 spiro atoms. The maximum Gasteiger partial charge on any atom is 0.326 e. The molecule has 3 N–H and O–H groups in total. The van der Waals surface area contributed by atoms with Crippen molar-refractivity contribution >= 4 is 12.0 Å². The molecule has 2 aromatic carbocycles. The van der Waals surface area contributed by atoms with Gasteiger partial charge in [0.1, 0.15) is 6.04 Å². The quantitative estimate of drug-likeness (QED) is 0.627. The summed E-state index contributed by atoms with van der Waals surface area (Å²) in [4.78, 5) is 23.4. The summed E-state index contributed by atoms with van der Waals surface area (Å²) in [5.41, 5.74) is 1.81. The van der Waals surface area contributed by atoms with Gasteiger partial charge in [-0.15, -0.1) is 0 Å². The van der Waals surface area contributed by atoms with E-state index in [2.05, 4.69) is 10.6 Å². The number of aliphatic carboxylic acids is 1. The Kier molecular flexibility index (Phi) is 7.49. The third kappa shape index (κ3) is 6.22. The van der Waals surface area contributed by atoms with Crippen molar-refractivity contribution in [3.63, 3.8) is 0 Å². The molecule has 0 radical (unpaired) electrons. The Morgan fingerprint density at radius 1 is 1.00 bits per heavy atom. The Hall–Kier alpha value is -3.22. The molecule has 2 amide bonds. The molecule has 0 saturated carbocycles. The van der Waals surface area contributed by atoms with E-state index >= 15 is 0 Å². The number of benzene rings is 2. The molecule has 7 heteroatoms. The van der Waals surface area contributed by atoms with Crippen LogP contribution in [0.1, 0.15) is 11.1 Å². The number of urea groups is 1. The van der Waals surface area contributed by atoms with Crippen molar-refractivity contribution in [2.45, 2.75) is 18.9 Å². The summed E-state index contributed by atoms with van der Waals surface area (Å²) in [7, 11) is 3.13. The smallest absolute Gasteiger partial charge is 0.326 e. The molecule has 7 nitrogen and oxygen atoms in total. The first kappa shape index (κ1) is 20.1. The summed E-state index contributed by atoms with van der Waals surface area (Å²) >= 11 is 0. The number of ether oxygens (including phenoxy) is 2. The van der Waals surface area contributed by atoms with Gasteiger partial charge in [0.05, 0.1) is 14.2 Å². The average molecular weight is 372 g/mol. The predicted octanol–water partition coefficient (Wildman–Crippen LogP) is 2.24. The van der Waals surface area contributed by atoms with Gasteiger partial charge in [-0.2, -0.15) is 0 Å². The van der Waals surface area contributed by atoms with Crippen LogP contribution < -0.4 is 20.1 Å². The van der Waals surface area contributed by atoms with Gasteiger partial charge in [0.15, 0.2) is 11.5 Å². The Bertz CT molecular complexity index is 764. The van der Waals surface area contributed by atoms with Crippen molar-refractivity contribution in [1.82, 2.24) is 10.6 Å². The topological polar surface area (TPSA) is 96.9 Å². The largest absolute Gasteiger partial charge is 0.493 e. The van der Waals surface area contributed by atoms with Crippen LogP contribution in [0.25, 0.3) is 0 Å². The van der Waals surface area contributed by atoms with Crippen molar-refractivity contribution in [2.75, 3.05) is 20.8 Å². The van der Waals surface area contributed by atoms with Crippen LogP contribution in [-0.4, -0.2) is 43.9 Å². The summed E-state index contributed by atoms with van der Waals surface area (Å²) in [5, 5.41) is 14.5. The van der Waals surface area contributed by atoms with Gasteiger partial charge in [-0.25, -0.2) is 9.59 Å². The zero-order chi connectivity index (χ0) is 19.6. The van der Waals surface area contributed by atoms with E-state index < -0.39 is 18.0 Å². The molecular weight excluding hydrogens is 348 g/mol. The lowest BCUT2D eigenvalue weighted by atomic mass is 10.1. The number of methoxy groups -OCH3 is 2. The number of hydrogen-bond acceptors (Lipinski definition) is 4. The number of rotatable bonds is 9.